The number of ether oxygens (including phenoxy) is 1. The maximum Gasteiger partial charge on any atom is 0.151 e. The summed E-state index contributed by atoms with van der Waals surface area (Å²) in [5.74, 6) is 1.79. The van der Waals surface area contributed by atoms with Gasteiger partial charge < -0.3 is 14.5 Å². The van der Waals surface area contributed by atoms with Gasteiger partial charge >= 0.3 is 0 Å². The lowest BCUT2D eigenvalue weighted by atomic mass is 10.2. The molecule has 0 bridgehead atoms. The van der Waals surface area contributed by atoms with Crippen LogP contribution in [0.2, 0.25) is 0 Å². The molecule has 0 saturated heterocycles. The Bertz CT molecular complexity index is 733. The molecule has 2 heterocycles. The van der Waals surface area contributed by atoms with Crippen molar-refractivity contribution < 1.29 is 4.74 Å². The number of aryl methyl sites for hydroxylation is 1. The van der Waals surface area contributed by atoms with Gasteiger partial charge in [0.05, 0.1) is 11.7 Å². The highest BCUT2D eigenvalue weighted by atomic mass is 16.5. The molecule has 2 aromatic heterocycles. The molecule has 3 rings (SSSR count). The van der Waals surface area contributed by atoms with Crippen LogP contribution >= 0.6 is 0 Å². The van der Waals surface area contributed by atoms with E-state index in [0.717, 1.165) is 28.3 Å². The zero-order chi connectivity index (χ0) is 13.9. The van der Waals surface area contributed by atoms with Gasteiger partial charge in [-0.1, -0.05) is 18.2 Å². The van der Waals surface area contributed by atoms with Crippen LogP contribution in [0.4, 0.5) is 5.69 Å². The number of hydrogen-bond donors (Lipinski definition) is 1. The van der Waals surface area contributed by atoms with E-state index in [-0.39, 0.29) is 0 Å². The molecule has 4 nitrogen and oxygen atoms in total. The predicted octanol–water partition coefficient (Wildman–Crippen LogP) is 3.26. The second-order valence-corrected chi connectivity index (χ2v) is 4.69. The molecule has 4 heteroatoms. The van der Waals surface area contributed by atoms with Crippen LogP contribution in [0.15, 0.2) is 48.8 Å². The Morgan fingerprint density at radius 1 is 1.25 bits per heavy atom. The molecule has 3 aromatic rings. The number of pyridine rings is 1. The van der Waals surface area contributed by atoms with Crippen LogP contribution in [0.5, 0.6) is 5.75 Å². The highest BCUT2D eigenvalue weighted by molar-refractivity contribution is 5.57. The zero-order valence-corrected chi connectivity index (χ0v) is 11.6. The molecule has 102 valence electrons. The molecule has 0 spiro atoms. The van der Waals surface area contributed by atoms with Gasteiger partial charge in [0.2, 0.25) is 0 Å². The Morgan fingerprint density at radius 2 is 2.10 bits per heavy atom. The molecule has 0 amide bonds. The van der Waals surface area contributed by atoms with E-state index in [1.54, 1.807) is 0 Å². The van der Waals surface area contributed by atoms with E-state index in [1.165, 1.54) is 0 Å². The van der Waals surface area contributed by atoms with Crippen LogP contribution in [0.1, 0.15) is 11.4 Å². The monoisotopic (exact) mass is 267 g/mol. The van der Waals surface area contributed by atoms with Crippen molar-refractivity contribution in [1.29, 1.82) is 0 Å². The number of nitrogens with zero attached hydrogens (tertiary/aromatic N) is 2. The largest absolute Gasteiger partial charge is 0.485 e. The van der Waals surface area contributed by atoms with Crippen molar-refractivity contribution in [3.8, 4) is 5.75 Å². The first-order valence-electron chi connectivity index (χ1n) is 6.60. The number of aromatic nitrogens is 2. The van der Waals surface area contributed by atoms with Crippen molar-refractivity contribution in [3.63, 3.8) is 0 Å². The van der Waals surface area contributed by atoms with Gasteiger partial charge in [0.15, 0.2) is 5.82 Å². The summed E-state index contributed by atoms with van der Waals surface area (Å²) in [5.41, 5.74) is 3.26. The van der Waals surface area contributed by atoms with Crippen LogP contribution in [0.3, 0.4) is 0 Å². The lowest BCUT2D eigenvalue weighted by Crippen LogP contribution is -2.02. The first-order chi connectivity index (χ1) is 9.78. The Hall–Kier alpha value is -2.49. The third-order valence-electron chi connectivity index (χ3n) is 3.35. The molecular formula is C16H17N3O. The van der Waals surface area contributed by atoms with Crippen LogP contribution in [-0.4, -0.2) is 16.4 Å². The predicted molar refractivity (Wildman–Crippen MR) is 80.2 cm³/mol. The third kappa shape index (κ3) is 2.32. The first kappa shape index (κ1) is 12.5. The van der Waals surface area contributed by atoms with E-state index in [1.807, 2.05) is 61.1 Å². The van der Waals surface area contributed by atoms with Crippen LogP contribution in [0, 0.1) is 6.92 Å². The summed E-state index contributed by atoms with van der Waals surface area (Å²) in [7, 11) is 1.91. The van der Waals surface area contributed by atoms with E-state index in [9.17, 15) is 0 Å². The van der Waals surface area contributed by atoms with Gasteiger partial charge in [0.25, 0.3) is 0 Å². The number of imidazole rings is 1. The summed E-state index contributed by atoms with van der Waals surface area (Å²) in [6, 6.07) is 12.1. The molecule has 0 aliphatic rings. The van der Waals surface area contributed by atoms with E-state index < -0.39 is 0 Å². The molecular weight excluding hydrogens is 250 g/mol. The molecule has 0 unspecified atom stereocenters. The van der Waals surface area contributed by atoms with Gasteiger partial charge in [0, 0.05) is 18.9 Å². The maximum absolute atomic E-state index is 5.85. The zero-order valence-electron chi connectivity index (χ0n) is 11.6. The summed E-state index contributed by atoms with van der Waals surface area (Å²) in [4.78, 5) is 4.43. The van der Waals surface area contributed by atoms with Crippen molar-refractivity contribution in [2.24, 2.45) is 0 Å². The standard InChI is InChI=1S/C16H17N3O/c1-12-5-3-4-6-15(12)20-11-16-18-10-14-9-13(17-2)7-8-19(14)16/h3-10,17H,11H2,1-2H3. The summed E-state index contributed by atoms with van der Waals surface area (Å²) in [6.45, 7) is 2.50. The van der Waals surface area contributed by atoms with Gasteiger partial charge in [-0.05, 0) is 30.7 Å². The normalized spacial score (nSPS) is 10.7. The van der Waals surface area contributed by atoms with Crippen LogP contribution in [0.25, 0.3) is 5.52 Å². The van der Waals surface area contributed by atoms with Gasteiger partial charge in [-0.3, -0.25) is 0 Å². The average Bonchev–Trinajstić information content (AvgIpc) is 2.88. The van der Waals surface area contributed by atoms with Crippen LogP contribution < -0.4 is 10.1 Å². The highest BCUT2D eigenvalue weighted by Gasteiger charge is 2.06. The second kappa shape index (κ2) is 5.25. The summed E-state index contributed by atoms with van der Waals surface area (Å²) >= 11 is 0. The lowest BCUT2D eigenvalue weighted by molar-refractivity contribution is 0.293. The van der Waals surface area contributed by atoms with Crippen LogP contribution in [-0.2, 0) is 6.61 Å². The lowest BCUT2D eigenvalue weighted by Gasteiger charge is -2.08. The van der Waals surface area contributed by atoms with Crippen molar-refractivity contribution >= 4 is 11.2 Å². The van der Waals surface area contributed by atoms with Gasteiger partial charge in [0.1, 0.15) is 12.4 Å². The SMILES string of the molecule is CNc1ccn2c(COc3ccccc3C)ncc2c1. The van der Waals surface area contributed by atoms with E-state index >= 15 is 0 Å². The van der Waals surface area contributed by atoms with Crippen molar-refractivity contribution in [2.75, 3.05) is 12.4 Å². The molecule has 0 saturated carbocycles. The quantitative estimate of drug-likeness (QED) is 0.788. The maximum atomic E-state index is 5.85. The van der Waals surface area contributed by atoms with E-state index in [4.69, 9.17) is 4.74 Å². The molecule has 0 radical (unpaired) electrons. The van der Waals surface area contributed by atoms with Crippen molar-refractivity contribution in [1.82, 2.24) is 9.38 Å². The van der Waals surface area contributed by atoms with Gasteiger partial charge in [-0.2, -0.15) is 0 Å². The first-order valence-corrected chi connectivity index (χ1v) is 6.60. The molecule has 1 aromatic carbocycles. The number of benzene rings is 1. The third-order valence-corrected chi connectivity index (χ3v) is 3.35. The molecule has 0 atom stereocenters. The number of rotatable bonds is 4. The number of hydrogen-bond acceptors (Lipinski definition) is 3. The number of nitrogens with one attached hydrogen (secondary N) is 1. The Balaban J connectivity index is 1.83. The summed E-state index contributed by atoms with van der Waals surface area (Å²) in [6.07, 6.45) is 3.86. The van der Waals surface area contributed by atoms with Gasteiger partial charge in [-0.15, -0.1) is 0 Å². The van der Waals surface area contributed by atoms with Crippen molar-refractivity contribution in [2.45, 2.75) is 13.5 Å². The fourth-order valence-corrected chi connectivity index (χ4v) is 2.18. The molecule has 20 heavy (non-hydrogen) atoms. The van der Waals surface area contributed by atoms with E-state index in [0.29, 0.717) is 6.61 Å². The minimum absolute atomic E-state index is 0.456. The second-order valence-electron chi connectivity index (χ2n) is 4.69. The minimum atomic E-state index is 0.456. The number of anilines is 1. The number of para-hydroxylation sites is 1. The van der Waals surface area contributed by atoms with Crippen molar-refractivity contribution in [3.05, 3.63) is 60.2 Å². The minimum Gasteiger partial charge on any atom is -0.485 e. The number of fused-ring (bicyclic) bond motifs is 1. The average molecular weight is 267 g/mol. The fraction of sp³-hybridized carbons (Fsp3) is 0.188. The Labute approximate surface area is 118 Å². The fourth-order valence-electron chi connectivity index (χ4n) is 2.18. The summed E-state index contributed by atoms with van der Waals surface area (Å²) < 4.78 is 7.89. The summed E-state index contributed by atoms with van der Waals surface area (Å²) in [5, 5.41) is 3.12. The molecule has 0 fully saturated rings. The molecule has 1 N–H and O–H groups in total. The molecule has 0 aliphatic carbocycles. The van der Waals surface area contributed by atoms with E-state index in [2.05, 4.69) is 16.4 Å². The molecule has 0 aliphatic heterocycles. The smallest absolute Gasteiger partial charge is 0.151 e. The Morgan fingerprint density at radius 3 is 2.90 bits per heavy atom. The Kier molecular flexibility index (Phi) is 3.29. The highest BCUT2D eigenvalue weighted by Crippen LogP contribution is 2.19. The topological polar surface area (TPSA) is 38.6 Å². The van der Waals surface area contributed by atoms with Gasteiger partial charge in [-0.25, -0.2) is 4.98 Å².